The quantitative estimate of drug-likeness (QED) is 0.345. The van der Waals surface area contributed by atoms with Crippen LogP contribution in [-0.4, -0.2) is 62.7 Å². The van der Waals surface area contributed by atoms with Gasteiger partial charge in [-0.1, -0.05) is 30.0 Å². The van der Waals surface area contributed by atoms with Crippen molar-refractivity contribution in [2.45, 2.75) is 23.9 Å². The molecule has 0 radical (unpaired) electrons. The SMILES string of the molecule is CC(Sc1nnc(-c2ccc(F)cc2)n1CCN1CCOCC1)c1nnc(-c2ccccc2)o1. The van der Waals surface area contributed by atoms with Crippen LogP contribution in [0.25, 0.3) is 22.8 Å². The number of aromatic nitrogens is 5. The molecule has 1 unspecified atom stereocenters. The summed E-state index contributed by atoms with van der Waals surface area (Å²) in [5, 5.41) is 18.0. The lowest BCUT2D eigenvalue weighted by atomic mass is 10.2. The van der Waals surface area contributed by atoms with E-state index < -0.39 is 0 Å². The summed E-state index contributed by atoms with van der Waals surface area (Å²) in [5.74, 6) is 1.44. The molecule has 0 spiro atoms. The number of halogens is 1. The molecule has 176 valence electrons. The maximum Gasteiger partial charge on any atom is 0.247 e. The van der Waals surface area contributed by atoms with Crippen LogP contribution in [0.15, 0.2) is 64.2 Å². The summed E-state index contributed by atoms with van der Waals surface area (Å²) in [6.45, 7) is 6.84. The highest BCUT2D eigenvalue weighted by molar-refractivity contribution is 7.99. The van der Waals surface area contributed by atoms with Crippen LogP contribution >= 0.6 is 11.8 Å². The number of rotatable bonds is 8. The van der Waals surface area contributed by atoms with E-state index in [1.165, 1.54) is 23.9 Å². The average molecular weight is 481 g/mol. The molecule has 8 nitrogen and oxygen atoms in total. The first-order chi connectivity index (χ1) is 16.7. The van der Waals surface area contributed by atoms with E-state index in [1.54, 1.807) is 12.1 Å². The highest BCUT2D eigenvalue weighted by atomic mass is 32.2. The van der Waals surface area contributed by atoms with Crippen molar-refractivity contribution >= 4 is 11.8 Å². The molecule has 1 fully saturated rings. The van der Waals surface area contributed by atoms with Crippen LogP contribution in [0.5, 0.6) is 0 Å². The van der Waals surface area contributed by atoms with E-state index in [9.17, 15) is 4.39 Å². The Kier molecular flexibility index (Phi) is 6.98. The van der Waals surface area contributed by atoms with Gasteiger partial charge in [-0.05, 0) is 43.3 Å². The molecular weight excluding hydrogens is 455 g/mol. The largest absolute Gasteiger partial charge is 0.419 e. The number of morpholine rings is 1. The Morgan fingerprint density at radius 3 is 2.44 bits per heavy atom. The molecule has 1 aliphatic rings. The third-order valence-electron chi connectivity index (χ3n) is 5.65. The molecule has 2 aromatic heterocycles. The van der Waals surface area contributed by atoms with Crippen LogP contribution in [-0.2, 0) is 11.3 Å². The van der Waals surface area contributed by atoms with Gasteiger partial charge in [-0.2, -0.15) is 0 Å². The lowest BCUT2D eigenvalue weighted by Crippen LogP contribution is -2.38. The number of benzene rings is 2. The van der Waals surface area contributed by atoms with Crippen LogP contribution in [0.4, 0.5) is 4.39 Å². The van der Waals surface area contributed by atoms with Crippen molar-refractivity contribution in [3.05, 3.63) is 66.3 Å². The standard InChI is InChI=1S/C24H25FN6O2S/c1-17(22-27-28-23(33-22)19-5-3-2-4-6-19)34-24-29-26-21(18-7-9-20(25)10-8-18)31(24)12-11-30-13-15-32-16-14-30/h2-10,17H,11-16H2,1H3. The van der Waals surface area contributed by atoms with Crippen LogP contribution in [0.2, 0.25) is 0 Å². The second kappa shape index (κ2) is 10.5. The predicted molar refractivity (Wildman–Crippen MR) is 127 cm³/mol. The van der Waals surface area contributed by atoms with Crippen molar-refractivity contribution < 1.29 is 13.5 Å². The number of ether oxygens (including phenoxy) is 1. The number of nitrogens with zero attached hydrogens (tertiary/aromatic N) is 6. The number of thioether (sulfide) groups is 1. The maximum absolute atomic E-state index is 13.5. The second-order valence-corrected chi connectivity index (χ2v) is 9.30. The van der Waals surface area contributed by atoms with Gasteiger partial charge in [0.25, 0.3) is 0 Å². The van der Waals surface area contributed by atoms with E-state index in [0.717, 1.165) is 49.1 Å². The minimum Gasteiger partial charge on any atom is -0.419 e. The van der Waals surface area contributed by atoms with E-state index in [1.807, 2.05) is 37.3 Å². The summed E-state index contributed by atoms with van der Waals surface area (Å²) in [6.07, 6.45) is 0. The predicted octanol–water partition coefficient (Wildman–Crippen LogP) is 4.32. The van der Waals surface area contributed by atoms with Crippen LogP contribution in [0.3, 0.4) is 0 Å². The molecule has 1 atom stereocenters. The van der Waals surface area contributed by atoms with Gasteiger partial charge in [0.15, 0.2) is 11.0 Å². The zero-order valence-electron chi connectivity index (χ0n) is 18.8. The Morgan fingerprint density at radius 2 is 1.68 bits per heavy atom. The third kappa shape index (κ3) is 5.19. The Labute approximate surface area is 201 Å². The summed E-state index contributed by atoms with van der Waals surface area (Å²) >= 11 is 1.51. The van der Waals surface area contributed by atoms with E-state index in [0.29, 0.717) is 24.2 Å². The van der Waals surface area contributed by atoms with Gasteiger partial charge < -0.3 is 13.7 Å². The van der Waals surface area contributed by atoms with Crippen molar-refractivity contribution in [3.63, 3.8) is 0 Å². The van der Waals surface area contributed by atoms with Gasteiger partial charge >= 0.3 is 0 Å². The molecule has 5 rings (SSSR count). The van der Waals surface area contributed by atoms with Crippen molar-refractivity contribution in [2.75, 3.05) is 32.8 Å². The minimum absolute atomic E-state index is 0.127. The molecule has 34 heavy (non-hydrogen) atoms. The molecule has 0 saturated carbocycles. The van der Waals surface area contributed by atoms with Gasteiger partial charge in [0.05, 0.1) is 18.5 Å². The molecule has 1 saturated heterocycles. The van der Waals surface area contributed by atoms with E-state index in [4.69, 9.17) is 9.15 Å². The zero-order chi connectivity index (χ0) is 23.3. The van der Waals surface area contributed by atoms with Crippen LogP contribution < -0.4 is 0 Å². The van der Waals surface area contributed by atoms with Gasteiger partial charge in [-0.15, -0.1) is 20.4 Å². The van der Waals surface area contributed by atoms with Crippen LogP contribution in [0.1, 0.15) is 18.1 Å². The van der Waals surface area contributed by atoms with Crippen molar-refractivity contribution in [1.29, 1.82) is 0 Å². The molecule has 2 aromatic carbocycles. The summed E-state index contributed by atoms with van der Waals surface area (Å²) in [6, 6.07) is 16.0. The van der Waals surface area contributed by atoms with Crippen molar-refractivity contribution in [1.82, 2.24) is 29.9 Å². The lowest BCUT2D eigenvalue weighted by Gasteiger charge is -2.27. The number of hydrogen-bond acceptors (Lipinski definition) is 8. The van der Waals surface area contributed by atoms with Gasteiger partial charge in [0, 0.05) is 37.3 Å². The summed E-state index contributed by atoms with van der Waals surface area (Å²) in [4.78, 5) is 2.36. The summed E-state index contributed by atoms with van der Waals surface area (Å²) in [7, 11) is 0. The van der Waals surface area contributed by atoms with Gasteiger partial charge in [0.1, 0.15) is 5.82 Å². The molecule has 0 aliphatic carbocycles. The van der Waals surface area contributed by atoms with Gasteiger partial charge in [-0.3, -0.25) is 4.90 Å². The fourth-order valence-corrected chi connectivity index (χ4v) is 4.67. The fourth-order valence-electron chi connectivity index (χ4n) is 3.76. The Hall–Kier alpha value is -3.08. The smallest absolute Gasteiger partial charge is 0.247 e. The molecule has 3 heterocycles. The normalized spacial score (nSPS) is 15.5. The fraction of sp³-hybridized carbons (Fsp3) is 0.333. The lowest BCUT2D eigenvalue weighted by molar-refractivity contribution is 0.0361. The topological polar surface area (TPSA) is 82.1 Å². The Balaban J connectivity index is 1.37. The second-order valence-electron chi connectivity index (χ2n) is 7.99. The Bertz CT molecular complexity index is 1210. The minimum atomic E-state index is -0.281. The molecule has 0 N–H and O–H groups in total. The molecule has 0 amide bonds. The third-order valence-corrected chi connectivity index (χ3v) is 6.72. The molecule has 4 aromatic rings. The van der Waals surface area contributed by atoms with Crippen molar-refractivity contribution in [3.8, 4) is 22.8 Å². The molecule has 10 heteroatoms. The summed E-state index contributed by atoms with van der Waals surface area (Å²) in [5.41, 5.74) is 1.70. The van der Waals surface area contributed by atoms with Gasteiger partial charge in [0.2, 0.25) is 11.8 Å². The van der Waals surface area contributed by atoms with Crippen LogP contribution in [0, 0.1) is 5.82 Å². The Morgan fingerprint density at radius 1 is 0.912 bits per heavy atom. The van der Waals surface area contributed by atoms with E-state index >= 15 is 0 Å². The van der Waals surface area contributed by atoms with Gasteiger partial charge in [-0.25, -0.2) is 4.39 Å². The number of hydrogen-bond donors (Lipinski definition) is 0. The first-order valence-corrected chi connectivity index (χ1v) is 12.1. The molecular formula is C24H25FN6O2S. The average Bonchev–Trinajstić information content (AvgIpc) is 3.52. The highest BCUT2D eigenvalue weighted by Gasteiger charge is 2.22. The first-order valence-electron chi connectivity index (χ1n) is 11.2. The molecule has 1 aliphatic heterocycles. The van der Waals surface area contributed by atoms with Crippen molar-refractivity contribution in [2.24, 2.45) is 0 Å². The maximum atomic E-state index is 13.5. The zero-order valence-corrected chi connectivity index (χ0v) is 19.6. The monoisotopic (exact) mass is 480 g/mol. The summed E-state index contributed by atoms with van der Waals surface area (Å²) < 4.78 is 27.0. The van der Waals surface area contributed by atoms with E-state index in [2.05, 4.69) is 29.9 Å². The van der Waals surface area contributed by atoms with E-state index in [-0.39, 0.29) is 11.1 Å². The molecule has 0 bridgehead atoms. The first kappa shape index (κ1) is 22.7. The highest BCUT2D eigenvalue weighted by Crippen LogP contribution is 2.35.